The summed E-state index contributed by atoms with van der Waals surface area (Å²) in [6.45, 7) is 1.62. The molecule has 3 rings (SSSR count). The lowest BCUT2D eigenvalue weighted by Gasteiger charge is -2.38. The summed E-state index contributed by atoms with van der Waals surface area (Å²) in [6.07, 6.45) is 7.81. The third kappa shape index (κ3) is 2.74. The predicted octanol–water partition coefficient (Wildman–Crippen LogP) is 2.32. The molecule has 4 nitrogen and oxygen atoms in total. The van der Waals surface area contributed by atoms with E-state index in [1.54, 1.807) is 6.21 Å². The second-order valence-electron chi connectivity index (χ2n) is 4.72. The molecule has 0 aliphatic carbocycles. The van der Waals surface area contributed by atoms with E-state index in [4.69, 9.17) is 0 Å². The van der Waals surface area contributed by atoms with Crippen LogP contribution < -0.4 is 5.43 Å². The van der Waals surface area contributed by atoms with Crippen molar-refractivity contribution in [2.45, 2.75) is 18.9 Å². The molecule has 1 fully saturated rings. The van der Waals surface area contributed by atoms with Crippen LogP contribution in [0, 0.1) is 0 Å². The Kier molecular flexibility index (Phi) is 3.70. The highest BCUT2D eigenvalue weighted by Crippen LogP contribution is 2.27. The lowest BCUT2D eigenvalue weighted by molar-refractivity contribution is 0.173. The average Bonchev–Trinajstić information content (AvgIpc) is 2.77. The molecule has 0 spiro atoms. The van der Waals surface area contributed by atoms with Crippen LogP contribution in [-0.2, 0) is 0 Å². The Morgan fingerprint density at radius 2 is 2.11 bits per heavy atom. The molecule has 0 saturated carbocycles. The fourth-order valence-corrected chi connectivity index (χ4v) is 2.54. The zero-order valence-electron chi connectivity index (χ0n) is 10.9. The molecule has 1 aromatic rings. The van der Waals surface area contributed by atoms with E-state index in [9.17, 15) is 0 Å². The number of allylic oxidation sites excluding steroid dienone is 1. The fourth-order valence-electron chi connectivity index (χ4n) is 2.54. The monoisotopic (exact) mass is 254 g/mol. The van der Waals surface area contributed by atoms with Gasteiger partial charge in [0.25, 0.3) is 0 Å². The molecule has 1 N–H and O–H groups in total. The van der Waals surface area contributed by atoms with E-state index in [1.165, 1.54) is 12.0 Å². The molecule has 0 amide bonds. The van der Waals surface area contributed by atoms with Crippen molar-refractivity contribution in [1.82, 2.24) is 10.4 Å². The molecule has 98 valence electrons. The minimum atomic E-state index is 0.343. The summed E-state index contributed by atoms with van der Waals surface area (Å²) in [7, 11) is 0. The van der Waals surface area contributed by atoms with Crippen LogP contribution in [0.3, 0.4) is 0 Å². The van der Waals surface area contributed by atoms with Gasteiger partial charge in [0.15, 0.2) is 0 Å². The number of hydrazine groups is 1. The molecule has 2 aliphatic heterocycles. The lowest BCUT2D eigenvalue weighted by Crippen LogP contribution is -2.49. The standard InChI is InChI=1S/C15H18N4/c1-2-6-13(7-3-1)14-8-4-11-18-19(14)15-12-16-9-5-10-17-15/h1-3,5-7,9-10,14,18H,4,8,11-12H2. The van der Waals surface area contributed by atoms with Crippen LogP contribution in [0.2, 0.25) is 0 Å². The summed E-state index contributed by atoms with van der Waals surface area (Å²) in [6, 6.07) is 10.9. The number of nitrogens with one attached hydrogen (secondary N) is 1. The summed E-state index contributed by atoms with van der Waals surface area (Å²) in [4.78, 5) is 8.83. The molecule has 2 aliphatic rings. The number of hydrogen-bond acceptors (Lipinski definition) is 4. The van der Waals surface area contributed by atoms with Crippen molar-refractivity contribution >= 4 is 12.1 Å². The van der Waals surface area contributed by atoms with Gasteiger partial charge in [0.1, 0.15) is 5.84 Å². The second kappa shape index (κ2) is 5.80. The molecule has 0 bridgehead atoms. The van der Waals surface area contributed by atoms with Crippen molar-refractivity contribution in [3.8, 4) is 0 Å². The number of rotatable bonds is 1. The highest BCUT2D eigenvalue weighted by molar-refractivity contribution is 5.88. The molecule has 0 aromatic heterocycles. The fraction of sp³-hybridized carbons (Fsp3) is 0.333. The maximum atomic E-state index is 4.50. The Labute approximate surface area is 113 Å². The van der Waals surface area contributed by atoms with Crippen LogP contribution in [-0.4, -0.2) is 30.1 Å². The van der Waals surface area contributed by atoms with E-state index >= 15 is 0 Å². The molecule has 1 saturated heterocycles. The van der Waals surface area contributed by atoms with Crippen LogP contribution in [0.5, 0.6) is 0 Å². The van der Waals surface area contributed by atoms with Gasteiger partial charge in [-0.25, -0.2) is 10.4 Å². The Morgan fingerprint density at radius 3 is 3.00 bits per heavy atom. The number of nitrogens with zero attached hydrogens (tertiary/aromatic N) is 3. The minimum Gasteiger partial charge on any atom is -0.287 e. The van der Waals surface area contributed by atoms with Gasteiger partial charge in [0.2, 0.25) is 0 Å². The first kappa shape index (κ1) is 12.1. The smallest absolute Gasteiger partial charge is 0.141 e. The second-order valence-corrected chi connectivity index (χ2v) is 4.72. The first-order valence-corrected chi connectivity index (χ1v) is 6.74. The van der Waals surface area contributed by atoms with Crippen LogP contribution >= 0.6 is 0 Å². The highest BCUT2D eigenvalue weighted by atomic mass is 15.5. The molecule has 2 heterocycles. The summed E-state index contributed by atoms with van der Waals surface area (Å²) in [5, 5.41) is 2.19. The number of hydrogen-bond donors (Lipinski definition) is 1. The van der Waals surface area contributed by atoms with Gasteiger partial charge in [-0.15, -0.1) is 0 Å². The van der Waals surface area contributed by atoms with E-state index in [1.807, 2.05) is 12.3 Å². The quantitative estimate of drug-likeness (QED) is 0.835. The first-order chi connectivity index (χ1) is 9.45. The third-order valence-corrected chi connectivity index (χ3v) is 3.44. The van der Waals surface area contributed by atoms with Crippen LogP contribution in [0.4, 0.5) is 0 Å². The van der Waals surface area contributed by atoms with E-state index in [0.717, 1.165) is 18.8 Å². The largest absolute Gasteiger partial charge is 0.287 e. The van der Waals surface area contributed by atoms with Crippen molar-refractivity contribution in [3.05, 3.63) is 48.2 Å². The van der Waals surface area contributed by atoms with E-state index in [0.29, 0.717) is 12.6 Å². The zero-order valence-corrected chi connectivity index (χ0v) is 10.9. The number of amidine groups is 1. The van der Waals surface area contributed by atoms with Crippen LogP contribution in [0.1, 0.15) is 24.4 Å². The van der Waals surface area contributed by atoms with Gasteiger partial charge in [0, 0.05) is 19.0 Å². The summed E-state index contributed by atoms with van der Waals surface area (Å²) < 4.78 is 0. The molecule has 19 heavy (non-hydrogen) atoms. The Morgan fingerprint density at radius 1 is 1.21 bits per heavy atom. The van der Waals surface area contributed by atoms with Gasteiger partial charge in [0.05, 0.1) is 12.6 Å². The van der Waals surface area contributed by atoms with Gasteiger partial charge in [-0.05, 0) is 24.5 Å². The van der Waals surface area contributed by atoms with Gasteiger partial charge in [-0.2, -0.15) is 0 Å². The maximum absolute atomic E-state index is 4.50. The van der Waals surface area contributed by atoms with E-state index < -0.39 is 0 Å². The molecule has 1 unspecified atom stereocenters. The van der Waals surface area contributed by atoms with Crippen molar-refractivity contribution in [2.24, 2.45) is 9.98 Å². The third-order valence-electron chi connectivity index (χ3n) is 3.44. The van der Waals surface area contributed by atoms with Crippen molar-refractivity contribution in [3.63, 3.8) is 0 Å². The number of aliphatic imine (C=N–C) groups is 2. The molecule has 0 radical (unpaired) electrons. The SMILES string of the molecule is C1=CN=C(N2NCCCC2c2ccccc2)CN=C1. The van der Waals surface area contributed by atoms with Crippen LogP contribution in [0.15, 0.2) is 52.6 Å². The summed E-state index contributed by atoms with van der Waals surface area (Å²) in [5.74, 6) is 0.985. The van der Waals surface area contributed by atoms with Gasteiger partial charge in [-0.1, -0.05) is 30.3 Å². The minimum absolute atomic E-state index is 0.343. The predicted molar refractivity (Wildman–Crippen MR) is 78.2 cm³/mol. The van der Waals surface area contributed by atoms with Gasteiger partial charge in [-0.3, -0.25) is 10.0 Å². The average molecular weight is 254 g/mol. The van der Waals surface area contributed by atoms with Crippen molar-refractivity contribution in [1.29, 1.82) is 0 Å². The normalized spacial score (nSPS) is 23.1. The molecule has 4 heteroatoms. The first-order valence-electron chi connectivity index (χ1n) is 6.74. The zero-order chi connectivity index (χ0) is 12.9. The molecule has 1 atom stereocenters. The highest BCUT2D eigenvalue weighted by Gasteiger charge is 2.26. The van der Waals surface area contributed by atoms with Crippen molar-refractivity contribution in [2.75, 3.05) is 13.1 Å². The number of benzene rings is 1. The van der Waals surface area contributed by atoms with E-state index in [2.05, 4.69) is 50.8 Å². The van der Waals surface area contributed by atoms with E-state index in [-0.39, 0.29) is 0 Å². The van der Waals surface area contributed by atoms with Crippen molar-refractivity contribution < 1.29 is 0 Å². The van der Waals surface area contributed by atoms with Crippen LogP contribution in [0.25, 0.3) is 0 Å². The lowest BCUT2D eigenvalue weighted by atomic mass is 9.99. The molecular formula is C15H18N4. The Hall–Kier alpha value is -1.94. The molecular weight excluding hydrogens is 236 g/mol. The Bertz CT molecular complexity index is 504. The van der Waals surface area contributed by atoms with Gasteiger partial charge < -0.3 is 0 Å². The Balaban J connectivity index is 1.87. The van der Waals surface area contributed by atoms with Gasteiger partial charge >= 0.3 is 0 Å². The topological polar surface area (TPSA) is 40.0 Å². The maximum Gasteiger partial charge on any atom is 0.141 e. The summed E-state index contributed by atoms with van der Waals surface area (Å²) in [5.41, 5.74) is 4.79. The molecule has 1 aromatic carbocycles. The summed E-state index contributed by atoms with van der Waals surface area (Å²) >= 11 is 0.